The summed E-state index contributed by atoms with van der Waals surface area (Å²) < 4.78 is 1.75. The lowest BCUT2D eigenvalue weighted by atomic mass is 14.8. The molecule has 0 aromatic carbocycles. The minimum atomic E-state index is 0. The van der Waals surface area contributed by atoms with Crippen molar-refractivity contribution in [1.29, 1.82) is 0 Å². The summed E-state index contributed by atoms with van der Waals surface area (Å²) in [5, 5.41) is 19.9. The lowest BCUT2D eigenvalue weighted by molar-refractivity contribution is -0.284. The summed E-state index contributed by atoms with van der Waals surface area (Å²) in [4.78, 5) is 7.88. The van der Waals surface area contributed by atoms with Gasteiger partial charge in [-0.2, -0.15) is 0 Å². The summed E-state index contributed by atoms with van der Waals surface area (Å²) in [5.74, 6) is 0. The highest BCUT2D eigenvalue weighted by Gasteiger charge is 1.27. The van der Waals surface area contributed by atoms with Crippen molar-refractivity contribution in [3.63, 3.8) is 0 Å². The third-order valence-electron chi connectivity index (χ3n) is 0. The van der Waals surface area contributed by atoms with Gasteiger partial charge in [-0.05, 0) is 0 Å². The molecule has 0 saturated heterocycles. The van der Waals surface area contributed by atoms with E-state index < -0.39 is 0 Å². The first-order valence-electron chi connectivity index (χ1n) is 0.533. The number of halogens is 1. The largest absolute Gasteiger partial charge is 0.269 e. The zero-order valence-corrected chi connectivity index (χ0v) is 2.53. The second kappa shape index (κ2) is 718. The lowest BCUT2D eigenvalue weighted by Crippen LogP contribution is -1.82. The molecule has 0 aliphatic carbocycles. The third kappa shape index (κ3) is 29.2. The fourth-order valence-electron chi connectivity index (χ4n) is 0. The van der Waals surface area contributed by atoms with Gasteiger partial charge in [0.05, 0.1) is 0 Å². The van der Waals surface area contributed by atoms with Crippen LogP contribution < -0.4 is 5.26 Å². The highest BCUT2D eigenvalue weighted by atomic mass is 19.0. The van der Waals surface area contributed by atoms with Crippen molar-refractivity contribution in [2.24, 2.45) is 0 Å². The van der Waals surface area contributed by atoms with Crippen LogP contribution in [0.2, 0.25) is 0 Å². The van der Waals surface area contributed by atoms with Gasteiger partial charge in [-0.15, -0.1) is 0 Å². The van der Waals surface area contributed by atoms with Crippen LogP contribution in [0.5, 0.6) is 0 Å². The van der Waals surface area contributed by atoms with E-state index in [4.69, 9.17) is 20.7 Å². The van der Waals surface area contributed by atoms with Crippen LogP contribution in [0.1, 0.15) is 0 Å². The van der Waals surface area contributed by atoms with Gasteiger partial charge in [0.25, 0.3) is 0 Å². The summed E-state index contributed by atoms with van der Waals surface area (Å²) in [6, 6.07) is 0. The Morgan fingerprint density at radius 2 is 1.50 bits per heavy atom. The normalized spacial score (nSPS) is 3.00. The van der Waals surface area contributed by atoms with Crippen LogP contribution in [0.4, 0.5) is 4.70 Å². The molecule has 6 heteroatoms. The van der Waals surface area contributed by atoms with Crippen LogP contribution >= 0.6 is 0 Å². The van der Waals surface area contributed by atoms with E-state index >= 15 is 0 Å². The van der Waals surface area contributed by atoms with Crippen LogP contribution in [-0.2, 0) is 0 Å². The SMILES string of the molecule is F.O=[O+][O-].OO. The lowest BCUT2D eigenvalue weighted by Gasteiger charge is -1.25. The quantitative estimate of drug-likeness (QED) is 0.234. The summed E-state index contributed by atoms with van der Waals surface area (Å²) >= 11 is 0. The molecule has 2 N–H and O–H groups in total. The molecule has 0 aromatic rings. The zero-order chi connectivity index (χ0) is 4.71. The predicted molar refractivity (Wildman–Crippen MR) is 14.5 cm³/mol. The molecule has 6 heavy (non-hydrogen) atoms. The smallest absolute Gasteiger partial charge is 0.154 e. The molecular weight excluding hydrogens is 99.0 g/mol. The Kier molecular flexibility index (Phi) is 2240. The van der Waals surface area contributed by atoms with E-state index in [1.165, 1.54) is 0 Å². The zero-order valence-electron chi connectivity index (χ0n) is 2.53. The van der Waals surface area contributed by atoms with Gasteiger partial charge >= 0.3 is 0 Å². The maximum absolute atomic E-state index is 7.88. The van der Waals surface area contributed by atoms with Crippen molar-refractivity contribution in [1.82, 2.24) is 0 Å². The van der Waals surface area contributed by atoms with E-state index in [1.54, 1.807) is 4.75 Å². The van der Waals surface area contributed by atoms with Crippen molar-refractivity contribution in [2.45, 2.75) is 0 Å². The molecule has 40 valence electrons. The first-order valence-corrected chi connectivity index (χ1v) is 0.533. The van der Waals surface area contributed by atoms with E-state index in [0.29, 0.717) is 0 Å². The first kappa shape index (κ1) is 18.7. The van der Waals surface area contributed by atoms with Gasteiger partial charge < -0.3 is 0 Å². The summed E-state index contributed by atoms with van der Waals surface area (Å²) in [6.07, 6.45) is 0. The van der Waals surface area contributed by atoms with Crippen LogP contribution in [0, 0.1) is 9.71 Å². The topological polar surface area (TPSA) is 91.9 Å². The van der Waals surface area contributed by atoms with E-state index in [2.05, 4.69) is 0 Å². The van der Waals surface area contributed by atoms with Gasteiger partial charge in [0.2, 0.25) is 0 Å². The molecule has 0 unspecified atom stereocenters. The second-order valence-corrected chi connectivity index (χ2v) is 0.0680. The molecule has 0 heterocycles. The number of hydrogen-bond donors (Lipinski definition) is 2. The van der Waals surface area contributed by atoms with Gasteiger partial charge in [0.1, 0.15) is 0 Å². The van der Waals surface area contributed by atoms with Gasteiger partial charge in [-0.1, -0.05) is 10.2 Å². The maximum Gasteiger partial charge on any atom is 0.154 e. The average molecular weight is 102 g/mol. The maximum atomic E-state index is 7.88. The van der Waals surface area contributed by atoms with Gasteiger partial charge in [0, 0.05) is 0 Å². The van der Waals surface area contributed by atoms with Crippen molar-refractivity contribution in [3.05, 3.63) is 9.71 Å². The molecule has 0 rings (SSSR count). The van der Waals surface area contributed by atoms with Crippen LogP contribution in [0.25, 0.3) is 0 Å². The van der Waals surface area contributed by atoms with Crippen molar-refractivity contribution in [2.75, 3.05) is 0 Å². The van der Waals surface area contributed by atoms with E-state index in [0.717, 1.165) is 0 Å². The molecule has 0 amide bonds. The fourth-order valence-corrected chi connectivity index (χ4v) is 0. The van der Waals surface area contributed by atoms with E-state index in [1.807, 2.05) is 0 Å². The molecule has 0 saturated carbocycles. The van der Waals surface area contributed by atoms with Gasteiger partial charge in [-0.3, -0.25) is 15.2 Å². The van der Waals surface area contributed by atoms with Gasteiger partial charge in [0.15, 0.2) is 4.75 Å². The van der Waals surface area contributed by atoms with Crippen LogP contribution in [-0.4, -0.2) is 10.5 Å². The monoisotopic (exact) mass is 102 g/mol. The minimum absolute atomic E-state index is 0. The summed E-state index contributed by atoms with van der Waals surface area (Å²) in [7, 11) is 0. The molecular formula is H3FO5. The Balaban J connectivity index is -0.0000000275. The molecule has 5 nitrogen and oxygen atoms in total. The summed E-state index contributed by atoms with van der Waals surface area (Å²) in [5.41, 5.74) is 0. The fraction of sp³-hybridized carbons (Fsp3) is 0. The standard InChI is InChI=1S/FH.O3.H2O2/c;1-3-2;1-2/h1H;;1-2H. The van der Waals surface area contributed by atoms with E-state index in [9.17, 15) is 0 Å². The Morgan fingerprint density at radius 3 is 1.50 bits per heavy atom. The molecule has 0 atom stereocenters. The highest BCUT2D eigenvalue weighted by Crippen LogP contribution is 1.00. The average Bonchev–Trinajstić information content (AvgIpc) is 1.46. The van der Waals surface area contributed by atoms with Crippen molar-refractivity contribution < 1.29 is 20.5 Å². The molecule has 0 radical (unpaired) electrons. The minimum Gasteiger partial charge on any atom is -0.269 e. The van der Waals surface area contributed by atoms with Crippen LogP contribution in [0.3, 0.4) is 0 Å². The number of rotatable bonds is 0. The molecule has 0 aliphatic heterocycles. The van der Waals surface area contributed by atoms with E-state index in [-0.39, 0.29) is 4.70 Å². The molecule has 0 aliphatic rings. The Bertz CT molecular complexity index is 11.4. The molecule has 0 fully saturated rings. The van der Waals surface area contributed by atoms with Gasteiger partial charge in [-0.25, -0.2) is 0 Å². The predicted octanol–water partition coefficient (Wildman–Crippen LogP) is -0.952. The Hall–Kier alpha value is -0.750. The van der Waals surface area contributed by atoms with Crippen molar-refractivity contribution in [3.8, 4) is 0 Å². The second-order valence-electron chi connectivity index (χ2n) is 0.0680. The first-order chi connectivity index (χ1) is 2.41. The highest BCUT2D eigenvalue weighted by molar-refractivity contribution is 4.20. The van der Waals surface area contributed by atoms with Crippen LogP contribution in [0.15, 0.2) is 0 Å². The summed E-state index contributed by atoms with van der Waals surface area (Å²) in [6.45, 7) is 0. The van der Waals surface area contributed by atoms with Crippen molar-refractivity contribution >= 4 is 0 Å². The third-order valence-corrected chi connectivity index (χ3v) is 0. The molecule has 0 bridgehead atoms. The molecule has 0 aromatic heterocycles. The number of hydrogen-bond acceptors (Lipinski definition) is 4. The molecule has 0 spiro atoms. The Labute approximate surface area is 31.6 Å². The Morgan fingerprint density at radius 1 is 1.50 bits per heavy atom.